The Bertz CT molecular complexity index is 812. The number of nitrogens with one attached hydrogen (secondary N) is 2. The molecule has 0 spiro atoms. The third kappa shape index (κ3) is 5.02. The van der Waals surface area contributed by atoms with Crippen LogP contribution in [0.3, 0.4) is 0 Å². The average Bonchev–Trinajstić information content (AvgIpc) is 3.14. The molecule has 0 bridgehead atoms. The Hall–Kier alpha value is -2.58. The van der Waals surface area contributed by atoms with Gasteiger partial charge in [0, 0.05) is 63.4 Å². The normalized spacial score (nSPS) is 15.0. The number of amides is 2. The molecule has 28 heavy (non-hydrogen) atoms. The lowest BCUT2D eigenvalue weighted by Gasteiger charge is -2.34. The Kier molecular flexibility index (Phi) is 6.89. The number of rotatable bonds is 8. The number of H-pyrrole nitrogens is 1. The van der Waals surface area contributed by atoms with Gasteiger partial charge in [0.05, 0.1) is 13.7 Å². The fourth-order valence-corrected chi connectivity index (χ4v) is 3.33. The first kappa shape index (κ1) is 20.2. The molecule has 1 saturated heterocycles. The Labute approximate surface area is 164 Å². The van der Waals surface area contributed by atoms with E-state index in [0.29, 0.717) is 51.6 Å². The number of carbonyl (C=O) groups is 2. The molecule has 1 fully saturated rings. The highest BCUT2D eigenvalue weighted by atomic mass is 16.5. The molecule has 2 amide bonds. The molecular weight excluding hydrogens is 360 g/mol. The number of hydrogen-bond acceptors (Lipinski definition) is 5. The average molecular weight is 388 g/mol. The third-order valence-electron chi connectivity index (χ3n) is 4.93. The zero-order valence-electron chi connectivity index (χ0n) is 16.5. The lowest BCUT2D eigenvalue weighted by Crippen LogP contribution is -2.51. The van der Waals surface area contributed by atoms with Crippen molar-refractivity contribution >= 4 is 22.7 Å². The first-order valence-electron chi connectivity index (χ1n) is 9.54. The van der Waals surface area contributed by atoms with Gasteiger partial charge in [-0.25, -0.2) is 0 Å². The van der Waals surface area contributed by atoms with Crippen LogP contribution in [0, 0.1) is 0 Å². The molecule has 1 aromatic heterocycles. The smallest absolute Gasteiger partial charge is 0.270 e. The van der Waals surface area contributed by atoms with Crippen molar-refractivity contribution in [2.24, 2.45) is 0 Å². The zero-order valence-corrected chi connectivity index (χ0v) is 16.5. The summed E-state index contributed by atoms with van der Waals surface area (Å²) in [6.45, 7) is 4.21. The highest BCUT2D eigenvalue weighted by Gasteiger charge is 2.24. The summed E-state index contributed by atoms with van der Waals surface area (Å²) in [5, 5.41) is 3.87. The van der Waals surface area contributed by atoms with Gasteiger partial charge in [0.1, 0.15) is 11.4 Å². The number of aromatic amines is 1. The minimum atomic E-state index is -0.0150. The molecule has 3 rings (SSSR count). The summed E-state index contributed by atoms with van der Waals surface area (Å²) < 4.78 is 10.2. The van der Waals surface area contributed by atoms with Gasteiger partial charge in [-0.3, -0.25) is 14.5 Å². The number of methoxy groups -OCH3 is 2. The van der Waals surface area contributed by atoms with E-state index in [1.54, 1.807) is 14.2 Å². The second kappa shape index (κ2) is 9.57. The Balaban J connectivity index is 1.49. The van der Waals surface area contributed by atoms with E-state index in [2.05, 4.69) is 15.2 Å². The van der Waals surface area contributed by atoms with Crippen molar-refractivity contribution in [3.8, 4) is 5.75 Å². The molecule has 0 aliphatic carbocycles. The van der Waals surface area contributed by atoms with Gasteiger partial charge in [0.2, 0.25) is 5.91 Å². The summed E-state index contributed by atoms with van der Waals surface area (Å²) in [5.74, 6) is 0.752. The van der Waals surface area contributed by atoms with Crippen LogP contribution in [0.1, 0.15) is 16.9 Å². The van der Waals surface area contributed by atoms with Crippen LogP contribution in [-0.2, 0) is 9.53 Å². The van der Waals surface area contributed by atoms with Crippen molar-refractivity contribution in [2.75, 3.05) is 60.1 Å². The molecule has 1 aliphatic heterocycles. The van der Waals surface area contributed by atoms with Gasteiger partial charge in [-0.15, -0.1) is 0 Å². The van der Waals surface area contributed by atoms with Crippen LogP contribution in [0.25, 0.3) is 10.9 Å². The maximum atomic E-state index is 12.8. The fraction of sp³-hybridized carbons (Fsp3) is 0.500. The molecule has 1 aromatic carbocycles. The second-order valence-electron chi connectivity index (χ2n) is 6.90. The number of piperazine rings is 1. The maximum absolute atomic E-state index is 12.8. The van der Waals surface area contributed by atoms with E-state index in [0.717, 1.165) is 23.1 Å². The number of ether oxygens (including phenoxy) is 2. The van der Waals surface area contributed by atoms with E-state index in [1.807, 2.05) is 29.2 Å². The molecule has 152 valence electrons. The molecule has 2 aromatic rings. The van der Waals surface area contributed by atoms with E-state index in [4.69, 9.17) is 9.47 Å². The van der Waals surface area contributed by atoms with Gasteiger partial charge in [-0.2, -0.15) is 0 Å². The summed E-state index contributed by atoms with van der Waals surface area (Å²) >= 11 is 0. The van der Waals surface area contributed by atoms with Gasteiger partial charge < -0.3 is 24.7 Å². The first-order chi connectivity index (χ1) is 13.6. The van der Waals surface area contributed by atoms with E-state index in [-0.39, 0.29) is 11.8 Å². The molecule has 0 atom stereocenters. The summed E-state index contributed by atoms with van der Waals surface area (Å²) in [6, 6.07) is 7.57. The molecular formula is C20H28N4O4. The van der Waals surface area contributed by atoms with Gasteiger partial charge >= 0.3 is 0 Å². The quantitative estimate of drug-likeness (QED) is 0.661. The van der Waals surface area contributed by atoms with Crippen LogP contribution in [0.15, 0.2) is 24.3 Å². The van der Waals surface area contributed by atoms with Crippen LogP contribution < -0.4 is 10.1 Å². The Morgan fingerprint density at radius 1 is 1.14 bits per heavy atom. The number of benzene rings is 1. The van der Waals surface area contributed by atoms with E-state index >= 15 is 0 Å². The largest absolute Gasteiger partial charge is 0.497 e. The van der Waals surface area contributed by atoms with Gasteiger partial charge in [0.15, 0.2) is 0 Å². The van der Waals surface area contributed by atoms with Crippen molar-refractivity contribution in [2.45, 2.75) is 6.42 Å². The summed E-state index contributed by atoms with van der Waals surface area (Å²) in [4.78, 5) is 31.9. The van der Waals surface area contributed by atoms with Crippen molar-refractivity contribution < 1.29 is 19.1 Å². The molecule has 0 unspecified atom stereocenters. The van der Waals surface area contributed by atoms with Gasteiger partial charge in [-0.05, 0) is 24.6 Å². The van der Waals surface area contributed by atoms with E-state index in [9.17, 15) is 9.59 Å². The first-order valence-corrected chi connectivity index (χ1v) is 9.54. The van der Waals surface area contributed by atoms with Crippen molar-refractivity contribution in [3.63, 3.8) is 0 Å². The van der Waals surface area contributed by atoms with Gasteiger partial charge in [0.25, 0.3) is 5.91 Å². The summed E-state index contributed by atoms with van der Waals surface area (Å²) in [5.41, 5.74) is 1.46. The minimum Gasteiger partial charge on any atom is -0.497 e. The number of carbonyl (C=O) groups excluding carboxylic acids is 2. The minimum absolute atomic E-state index is 0.0143. The third-order valence-corrected chi connectivity index (χ3v) is 4.93. The van der Waals surface area contributed by atoms with Crippen LogP contribution in [0.2, 0.25) is 0 Å². The SMILES string of the molecule is COCCCNC(=O)CN1CCN(C(=O)c2cc3ccc(OC)cc3[nH]2)CC1. The van der Waals surface area contributed by atoms with Crippen LogP contribution in [0.5, 0.6) is 5.75 Å². The Morgan fingerprint density at radius 3 is 2.64 bits per heavy atom. The summed E-state index contributed by atoms with van der Waals surface area (Å²) in [6.07, 6.45) is 0.806. The standard InChI is InChI=1S/C20H28N4O4/c1-27-11-3-6-21-19(25)14-23-7-9-24(10-8-23)20(26)18-12-15-4-5-16(28-2)13-17(15)22-18/h4-5,12-13,22H,3,6-11,14H2,1-2H3,(H,21,25). The molecule has 0 saturated carbocycles. The predicted octanol–water partition coefficient (Wildman–Crippen LogP) is 1.09. The maximum Gasteiger partial charge on any atom is 0.270 e. The summed E-state index contributed by atoms with van der Waals surface area (Å²) in [7, 11) is 3.27. The van der Waals surface area contributed by atoms with Crippen molar-refractivity contribution in [1.82, 2.24) is 20.1 Å². The number of fused-ring (bicyclic) bond motifs is 1. The van der Waals surface area contributed by atoms with Crippen LogP contribution >= 0.6 is 0 Å². The number of hydrogen-bond donors (Lipinski definition) is 2. The van der Waals surface area contributed by atoms with Gasteiger partial charge in [-0.1, -0.05) is 0 Å². The highest BCUT2D eigenvalue weighted by molar-refractivity contribution is 5.98. The topological polar surface area (TPSA) is 86.9 Å². The highest BCUT2D eigenvalue weighted by Crippen LogP contribution is 2.22. The van der Waals surface area contributed by atoms with Crippen molar-refractivity contribution in [1.29, 1.82) is 0 Å². The molecule has 0 radical (unpaired) electrons. The zero-order chi connectivity index (χ0) is 19.9. The lowest BCUT2D eigenvalue weighted by atomic mass is 10.2. The molecule has 8 heteroatoms. The molecule has 8 nitrogen and oxygen atoms in total. The second-order valence-corrected chi connectivity index (χ2v) is 6.90. The number of aromatic nitrogens is 1. The molecule has 2 heterocycles. The molecule has 1 aliphatic rings. The lowest BCUT2D eigenvalue weighted by molar-refractivity contribution is -0.122. The van der Waals surface area contributed by atoms with E-state index in [1.165, 1.54) is 0 Å². The molecule has 2 N–H and O–H groups in total. The predicted molar refractivity (Wildman–Crippen MR) is 107 cm³/mol. The van der Waals surface area contributed by atoms with Crippen molar-refractivity contribution in [3.05, 3.63) is 30.0 Å². The van der Waals surface area contributed by atoms with E-state index < -0.39 is 0 Å². The van der Waals surface area contributed by atoms with Crippen LogP contribution in [-0.4, -0.2) is 86.7 Å². The number of nitrogens with zero attached hydrogens (tertiary/aromatic N) is 2. The fourth-order valence-electron chi connectivity index (χ4n) is 3.33. The van der Waals surface area contributed by atoms with Crippen LogP contribution in [0.4, 0.5) is 0 Å². The monoisotopic (exact) mass is 388 g/mol. The Morgan fingerprint density at radius 2 is 1.93 bits per heavy atom.